The number of rotatable bonds is 5. The van der Waals surface area contributed by atoms with E-state index in [-0.39, 0.29) is 11.7 Å². The zero-order valence-corrected chi connectivity index (χ0v) is 16.7. The lowest BCUT2D eigenvalue weighted by Gasteiger charge is -2.19. The van der Waals surface area contributed by atoms with Gasteiger partial charge in [-0.05, 0) is 42.3 Å². The minimum Gasteiger partial charge on any atom is -0.336 e. The van der Waals surface area contributed by atoms with E-state index in [0.29, 0.717) is 18.8 Å². The molecule has 0 N–H and O–H groups in total. The smallest absolute Gasteiger partial charge is 0.270 e. The number of hydrogen-bond donors (Lipinski definition) is 0. The number of benzene rings is 2. The molecule has 1 amide bonds. The van der Waals surface area contributed by atoms with Crippen molar-refractivity contribution in [3.05, 3.63) is 94.2 Å². The van der Waals surface area contributed by atoms with Crippen LogP contribution in [0.3, 0.4) is 0 Å². The van der Waals surface area contributed by atoms with Gasteiger partial charge in [0, 0.05) is 25.0 Å². The second-order valence-corrected chi connectivity index (χ2v) is 8.28. The summed E-state index contributed by atoms with van der Waals surface area (Å²) in [6.07, 6.45) is 0. The molecule has 0 saturated carbocycles. The fourth-order valence-corrected chi connectivity index (χ4v) is 4.37. The number of nitrogens with zero attached hydrogens (tertiary/aromatic N) is 2. The zero-order chi connectivity index (χ0) is 19.7. The molecule has 4 rings (SSSR count). The highest BCUT2D eigenvalue weighted by atomic mass is 32.1. The van der Waals surface area contributed by atoms with Gasteiger partial charge in [-0.25, -0.2) is 4.39 Å². The average molecular weight is 392 g/mol. The number of halogens is 1. The first-order chi connectivity index (χ1) is 13.5. The Labute approximate surface area is 167 Å². The van der Waals surface area contributed by atoms with E-state index in [1.54, 1.807) is 28.4 Å². The Morgan fingerprint density at radius 1 is 1.04 bits per heavy atom. The molecule has 2 aromatic heterocycles. The van der Waals surface area contributed by atoms with Crippen molar-refractivity contribution in [2.24, 2.45) is 0 Å². The third kappa shape index (κ3) is 3.71. The standard InChI is InChI=1S/C23H21FN2OS/c1-16-12-20-22(28-16)13-21(26(20)15-18-8-10-19(24)11-9-18)23(27)25(2)14-17-6-4-3-5-7-17/h3-13H,14-15H2,1-2H3. The molecule has 0 aliphatic carbocycles. The highest BCUT2D eigenvalue weighted by molar-refractivity contribution is 7.19. The highest BCUT2D eigenvalue weighted by Crippen LogP contribution is 2.30. The Morgan fingerprint density at radius 3 is 2.46 bits per heavy atom. The van der Waals surface area contributed by atoms with Gasteiger partial charge >= 0.3 is 0 Å². The molecule has 3 nitrogen and oxygen atoms in total. The van der Waals surface area contributed by atoms with Crippen LogP contribution >= 0.6 is 11.3 Å². The van der Waals surface area contributed by atoms with Crippen LogP contribution in [-0.4, -0.2) is 22.4 Å². The number of hydrogen-bond acceptors (Lipinski definition) is 2. The van der Waals surface area contributed by atoms with Gasteiger partial charge in [0.1, 0.15) is 11.5 Å². The molecule has 2 aromatic carbocycles. The van der Waals surface area contributed by atoms with E-state index in [4.69, 9.17) is 0 Å². The van der Waals surface area contributed by atoms with Gasteiger partial charge in [0.15, 0.2) is 0 Å². The van der Waals surface area contributed by atoms with Crippen LogP contribution in [0.25, 0.3) is 10.2 Å². The van der Waals surface area contributed by atoms with Crippen LogP contribution in [0.15, 0.2) is 66.7 Å². The molecule has 4 aromatic rings. The Hall–Kier alpha value is -2.92. The third-order valence-corrected chi connectivity index (χ3v) is 5.78. The van der Waals surface area contributed by atoms with Crippen LogP contribution in [-0.2, 0) is 13.1 Å². The van der Waals surface area contributed by atoms with Crippen molar-refractivity contribution in [1.82, 2.24) is 9.47 Å². The summed E-state index contributed by atoms with van der Waals surface area (Å²) >= 11 is 1.68. The zero-order valence-electron chi connectivity index (χ0n) is 15.9. The summed E-state index contributed by atoms with van der Waals surface area (Å²) in [6.45, 7) is 3.14. The second kappa shape index (κ2) is 7.60. The van der Waals surface area contributed by atoms with E-state index >= 15 is 0 Å². The number of aryl methyl sites for hydroxylation is 1. The predicted octanol–water partition coefficient (Wildman–Crippen LogP) is 5.47. The summed E-state index contributed by atoms with van der Waals surface area (Å²) in [5, 5.41) is 0. The van der Waals surface area contributed by atoms with Crippen LogP contribution in [0.5, 0.6) is 0 Å². The van der Waals surface area contributed by atoms with Crippen molar-refractivity contribution in [3.63, 3.8) is 0 Å². The number of fused-ring (bicyclic) bond motifs is 1. The van der Waals surface area contributed by atoms with Crippen LogP contribution < -0.4 is 0 Å². The maximum Gasteiger partial charge on any atom is 0.270 e. The van der Waals surface area contributed by atoms with Gasteiger partial charge in [-0.3, -0.25) is 4.79 Å². The number of carbonyl (C=O) groups excluding carboxylic acids is 1. The third-order valence-electron chi connectivity index (χ3n) is 4.80. The van der Waals surface area contributed by atoms with Crippen molar-refractivity contribution in [2.45, 2.75) is 20.0 Å². The first-order valence-electron chi connectivity index (χ1n) is 9.15. The van der Waals surface area contributed by atoms with E-state index in [0.717, 1.165) is 21.3 Å². The monoisotopic (exact) mass is 392 g/mol. The SMILES string of the molecule is Cc1cc2c(cc(C(=O)N(C)Cc3ccccc3)n2Cc2ccc(F)cc2)s1. The molecule has 0 saturated heterocycles. The molecule has 28 heavy (non-hydrogen) atoms. The molecule has 0 unspecified atom stereocenters. The van der Waals surface area contributed by atoms with Crippen molar-refractivity contribution >= 4 is 27.5 Å². The normalized spacial score (nSPS) is 11.1. The van der Waals surface area contributed by atoms with Gasteiger partial charge < -0.3 is 9.47 Å². The summed E-state index contributed by atoms with van der Waals surface area (Å²) in [4.78, 5) is 16.2. The molecule has 0 aliphatic rings. The maximum atomic E-state index is 13.3. The first-order valence-corrected chi connectivity index (χ1v) is 9.96. The summed E-state index contributed by atoms with van der Waals surface area (Å²) in [5.74, 6) is -0.279. The lowest BCUT2D eigenvalue weighted by molar-refractivity contribution is 0.0775. The summed E-state index contributed by atoms with van der Waals surface area (Å²) in [6, 6.07) is 20.5. The van der Waals surface area contributed by atoms with Crippen molar-refractivity contribution < 1.29 is 9.18 Å². The van der Waals surface area contributed by atoms with Crippen molar-refractivity contribution in [3.8, 4) is 0 Å². The Morgan fingerprint density at radius 2 is 1.75 bits per heavy atom. The Bertz CT molecular complexity index is 1110. The quantitative estimate of drug-likeness (QED) is 0.442. The summed E-state index contributed by atoms with van der Waals surface area (Å²) in [7, 11) is 1.82. The molecule has 0 bridgehead atoms. The van der Waals surface area contributed by atoms with Crippen molar-refractivity contribution in [2.75, 3.05) is 7.05 Å². The Kier molecular flexibility index (Phi) is 5.01. The van der Waals surface area contributed by atoms with Crippen LogP contribution in [0.1, 0.15) is 26.5 Å². The molecule has 0 aliphatic heterocycles. The Balaban J connectivity index is 1.68. The summed E-state index contributed by atoms with van der Waals surface area (Å²) in [5.41, 5.74) is 3.75. The number of amides is 1. The largest absolute Gasteiger partial charge is 0.336 e. The van der Waals surface area contributed by atoms with E-state index in [1.807, 2.05) is 48.0 Å². The fraction of sp³-hybridized carbons (Fsp3) is 0.174. The van der Waals surface area contributed by atoms with Gasteiger partial charge in [0.25, 0.3) is 5.91 Å². The lowest BCUT2D eigenvalue weighted by Crippen LogP contribution is -2.28. The number of aromatic nitrogens is 1. The number of thiophene rings is 1. The molecule has 0 atom stereocenters. The molecule has 5 heteroatoms. The lowest BCUT2D eigenvalue weighted by atomic mass is 10.2. The van der Waals surface area contributed by atoms with E-state index in [1.165, 1.54) is 17.0 Å². The van der Waals surface area contributed by atoms with Crippen LogP contribution in [0.4, 0.5) is 4.39 Å². The van der Waals surface area contributed by atoms with E-state index in [9.17, 15) is 9.18 Å². The molecular formula is C23H21FN2OS. The topological polar surface area (TPSA) is 25.2 Å². The predicted molar refractivity (Wildman–Crippen MR) is 112 cm³/mol. The molecule has 0 radical (unpaired) electrons. The second-order valence-electron chi connectivity index (χ2n) is 7.00. The van der Waals surface area contributed by atoms with E-state index in [2.05, 4.69) is 13.0 Å². The first kappa shape index (κ1) is 18.4. The number of carbonyl (C=O) groups is 1. The maximum absolute atomic E-state index is 13.3. The summed E-state index contributed by atoms with van der Waals surface area (Å²) < 4.78 is 16.4. The van der Waals surface area contributed by atoms with Crippen molar-refractivity contribution in [1.29, 1.82) is 0 Å². The average Bonchev–Trinajstić information content (AvgIpc) is 3.20. The minimum atomic E-state index is -0.258. The fourth-order valence-electron chi connectivity index (χ4n) is 3.41. The molecule has 0 spiro atoms. The van der Waals surface area contributed by atoms with Gasteiger partial charge in [0.2, 0.25) is 0 Å². The van der Waals surface area contributed by atoms with Gasteiger partial charge in [-0.1, -0.05) is 42.5 Å². The van der Waals surface area contributed by atoms with Gasteiger partial charge in [0.05, 0.1) is 10.2 Å². The van der Waals surface area contributed by atoms with Gasteiger partial charge in [-0.15, -0.1) is 11.3 Å². The molecule has 142 valence electrons. The van der Waals surface area contributed by atoms with Gasteiger partial charge in [-0.2, -0.15) is 0 Å². The van der Waals surface area contributed by atoms with Crippen LogP contribution in [0, 0.1) is 12.7 Å². The molecule has 0 fully saturated rings. The minimum absolute atomic E-state index is 0.0213. The van der Waals surface area contributed by atoms with E-state index < -0.39 is 0 Å². The molecule has 2 heterocycles. The van der Waals surface area contributed by atoms with Crippen LogP contribution in [0.2, 0.25) is 0 Å². The highest BCUT2D eigenvalue weighted by Gasteiger charge is 2.20. The molecular weight excluding hydrogens is 371 g/mol.